The Morgan fingerprint density at radius 1 is 0.538 bits per heavy atom. The molecule has 2 aromatic carbocycles. The van der Waals surface area contributed by atoms with Gasteiger partial charge in [0.15, 0.2) is 0 Å². The van der Waals surface area contributed by atoms with Crippen molar-refractivity contribution >= 4 is 0 Å². The molecular weight excluding hydrogens is 324 g/mol. The lowest BCUT2D eigenvalue weighted by Crippen LogP contribution is -2.30. The van der Waals surface area contributed by atoms with Crippen molar-refractivity contribution in [3.8, 4) is 0 Å². The minimum atomic E-state index is 0.192. The standard InChI is InChI=1S/C22H32N2O2/c25-17-15-23(19-21-9-3-1-4-10-21)13-7-8-14-24(16-18-26)20-22-11-5-2-6-12-22/h1-6,9-12,25-26H,7-8,13-20H2. The average molecular weight is 357 g/mol. The van der Waals surface area contributed by atoms with Crippen LogP contribution in [0.15, 0.2) is 60.7 Å². The normalized spacial score (nSPS) is 11.4. The van der Waals surface area contributed by atoms with Crippen LogP contribution >= 0.6 is 0 Å². The van der Waals surface area contributed by atoms with E-state index in [9.17, 15) is 10.2 Å². The van der Waals surface area contributed by atoms with E-state index in [2.05, 4.69) is 58.3 Å². The van der Waals surface area contributed by atoms with Gasteiger partial charge >= 0.3 is 0 Å². The van der Waals surface area contributed by atoms with Gasteiger partial charge in [0.25, 0.3) is 0 Å². The number of benzene rings is 2. The summed E-state index contributed by atoms with van der Waals surface area (Å²) in [6.07, 6.45) is 2.17. The highest BCUT2D eigenvalue weighted by atomic mass is 16.3. The van der Waals surface area contributed by atoms with Crippen LogP contribution in [0.2, 0.25) is 0 Å². The molecule has 0 radical (unpaired) electrons. The molecule has 0 saturated carbocycles. The van der Waals surface area contributed by atoms with Gasteiger partial charge in [-0.15, -0.1) is 0 Å². The highest BCUT2D eigenvalue weighted by molar-refractivity contribution is 5.15. The van der Waals surface area contributed by atoms with Gasteiger partial charge in [0.2, 0.25) is 0 Å². The summed E-state index contributed by atoms with van der Waals surface area (Å²) in [5.41, 5.74) is 2.57. The number of aliphatic hydroxyl groups excluding tert-OH is 2. The molecule has 0 spiro atoms. The molecular formula is C22H32N2O2. The van der Waals surface area contributed by atoms with E-state index in [1.807, 2.05) is 12.1 Å². The van der Waals surface area contributed by atoms with Crippen molar-refractivity contribution in [3.05, 3.63) is 71.8 Å². The first-order valence-electron chi connectivity index (χ1n) is 9.56. The van der Waals surface area contributed by atoms with E-state index in [-0.39, 0.29) is 13.2 Å². The Kier molecular flexibility index (Phi) is 9.98. The van der Waals surface area contributed by atoms with E-state index in [1.165, 1.54) is 11.1 Å². The molecule has 0 bridgehead atoms. The van der Waals surface area contributed by atoms with Crippen LogP contribution in [-0.4, -0.2) is 59.4 Å². The quantitative estimate of drug-likeness (QED) is 0.542. The zero-order valence-corrected chi connectivity index (χ0v) is 15.6. The fourth-order valence-electron chi connectivity index (χ4n) is 3.18. The van der Waals surface area contributed by atoms with Crippen molar-refractivity contribution in [1.29, 1.82) is 0 Å². The highest BCUT2D eigenvalue weighted by Gasteiger charge is 2.08. The summed E-state index contributed by atoms with van der Waals surface area (Å²) in [6, 6.07) is 20.8. The smallest absolute Gasteiger partial charge is 0.0558 e. The molecule has 0 amide bonds. The third-order valence-electron chi connectivity index (χ3n) is 4.53. The van der Waals surface area contributed by atoms with E-state index >= 15 is 0 Å². The monoisotopic (exact) mass is 356 g/mol. The molecule has 0 aliphatic heterocycles. The molecule has 0 saturated heterocycles. The van der Waals surface area contributed by atoms with Crippen LogP contribution < -0.4 is 0 Å². The largest absolute Gasteiger partial charge is 0.395 e. The molecule has 142 valence electrons. The number of aliphatic hydroxyl groups is 2. The maximum absolute atomic E-state index is 9.32. The minimum absolute atomic E-state index is 0.192. The second-order valence-electron chi connectivity index (χ2n) is 6.68. The molecule has 2 aromatic rings. The summed E-state index contributed by atoms with van der Waals surface area (Å²) in [5.74, 6) is 0. The van der Waals surface area contributed by atoms with Gasteiger partial charge < -0.3 is 10.2 Å². The van der Waals surface area contributed by atoms with Crippen LogP contribution in [0.5, 0.6) is 0 Å². The Bertz CT molecular complexity index is 524. The van der Waals surface area contributed by atoms with Gasteiger partial charge in [-0.05, 0) is 37.1 Å². The van der Waals surface area contributed by atoms with Gasteiger partial charge in [-0.1, -0.05) is 60.7 Å². The lowest BCUT2D eigenvalue weighted by atomic mass is 10.2. The fourth-order valence-corrected chi connectivity index (χ4v) is 3.18. The van der Waals surface area contributed by atoms with Crippen molar-refractivity contribution in [3.63, 3.8) is 0 Å². The van der Waals surface area contributed by atoms with Crippen LogP contribution in [-0.2, 0) is 13.1 Å². The van der Waals surface area contributed by atoms with Crippen LogP contribution in [0, 0.1) is 0 Å². The summed E-state index contributed by atoms with van der Waals surface area (Å²) < 4.78 is 0. The maximum Gasteiger partial charge on any atom is 0.0558 e. The van der Waals surface area contributed by atoms with Gasteiger partial charge in [0, 0.05) is 26.2 Å². The SMILES string of the molecule is OCCN(CCCCN(CCO)Cc1ccccc1)Cc1ccccc1. The van der Waals surface area contributed by atoms with Crippen LogP contribution in [0.3, 0.4) is 0 Å². The molecule has 0 fully saturated rings. The zero-order chi connectivity index (χ0) is 18.5. The van der Waals surface area contributed by atoms with Crippen molar-refractivity contribution in [1.82, 2.24) is 9.80 Å². The number of rotatable bonds is 13. The first kappa shape index (κ1) is 20.6. The summed E-state index contributed by atoms with van der Waals surface area (Å²) in [7, 11) is 0. The topological polar surface area (TPSA) is 46.9 Å². The third-order valence-corrected chi connectivity index (χ3v) is 4.53. The first-order chi connectivity index (χ1) is 12.8. The Morgan fingerprint density at radius 3 is 1.27 bits per heavy atom. The number of unbranched alkanes of at least 4 members (excludes halogenated alkanes) is 1. The van der Waals surface area contributed by atoms with E-state index in [4.69, 9.17) is 0 Å². The van der Waals surface area contributed by atoms with Crippen molar-refractivity contribution < 1.29 is 10.2 Å². The van der Waals surface area contributed by atoms with Gasteiger partial charge in [0.1, 0.15) is 0 Å². The fraction of sp³-hybridized carbons (Fsp3) is 0.455. The van der Waals surface area contributed by atoms with E-state index in [1.54, 1.807) is 0 Å². The summed E-state index contributed by atoms with van der Waals surface area (Å²) >= 11 is 0. The van der Waals surface area contributed by atoms with Crippen molar-refractivity contribution in [2.24, 2.45) is 0 Å². The predicted molar refractivity (Wildman–Crippen MR) is 107 cm³/mol. The molecule has 0 atom stereocenters. The molecule has 0 unspecified atom stereocenters. The van der Waals surface area contributed by atoms with Gasteiger partial charge in [-0.25, -0.2) is 0 Å². The predicted octanol–water partition coefficient (Wildman–Crippen LogP) is 2.76. The van der Waals surface area contributed by atoms with Crippen LogP contribution in [0.25, 0.3) is 0 Å². The van der Waals surface area contributed by atoms with Gasteiger partial charge in [-0.2, -0.15) is 0 Å². The molecule has 26 heavy (non-hydrogen) atoms. The number of hydrogen-bond donors (Lipinski definition) is 2. The first-order valence-corrected chi connectivity index (χ1v) is 9.56. The lowest BCUT2D eigenvalue weighted by Gasteiger charge is -2.24. The second-order valence-corrected chi connectivity index (χ2v) is 6.68. The molecule has 0 heterocycles. The van der Waals surface area contributed by atoms with E-state index in [0.717, 1.165) is 39.0 Å². The third kappa shape index (κ3) is 8.11. The van der Waals surface area contributed by atoms with Crippen LogP contribution in [0.1, 0.15) is 24.0 Å². The zero-order valence-electron chi connectivity index (χ0n) is 15.6. The molecule has 2 rings (SSSR count). The summed E-state index contributed by atoms with van der Waals surface area (Å²) in [5, 5.41) is 18.6. The molecule has 0 aliphatic carbocycles. The number of hydrogen-bond acceptors (Lipinski definition) is 4. The van der Waals surface area contributed by atoms with Crippen LogP contribution in [0.4, 0.5) is 0 Å². The Hall–Kier alpha value is -1.72. The Labute approximate surface area is 157 Å². The maximum atomic E-state index is 9.32. The molecule has 4 nitrogen and oxygen atoms in total. The van der Waals surface area contributed by atoms with E-state index in [0.29, 0.717) is 13.1 Å². The van der Waals surface area contributed by atoms with Gasteiger partial charge in [0.05, 0.1) is 13.2 Å². The Balaban J connectivity index is 1.74. The van der Waals surface area contributed by atoms with Gasteiger partial charge in [-0.3, -0.25) is 9.80 Å². The van der Waals surface area contributed by atoms with Crippen molar-refractivity contribution in [2.45, 2.75) is 25.9 Å². The lowest BCUT2D eigenvalue weighted by molar-refractivity contribution is 0.172. The van der Waals surface area contributed by atoms with E-state index < -0.39 is 0 Å². The molecule has 2 N–H and O–H groups in total. The van der Waals surface area contributed by atoms with Crippen molar-refractivity contribution in [2.75, 3.05) is 39.4 Å². The second kappa shape index (κ2) is 12.6. The average Bonchev–Trinajstić information content (AvgIpc) is 2.67. The molecule has 4 heteroatoms. The minimum Gasteiger partial charge on any atom is -0.395 e. The molecule has 0 aromatic heterocycles. The summed E-state index contributed by atoms with van der Waals surface area (Å²) in [6.45, 7) is 5.52. The summed E-state index contributed by atoms with van der Waals surface area (Å²) in [4.78, 5) is 4.62. The molecule has 0 aliphatic rings. The number of nitrogens with zero attached hydrogens (tertiary/aromatic N) is 2. The Morgan fingerprint density at radius 2 is 0.923 bits per heavy atom. The highest BCUT2D eigenvalue weighted by Crippen LogP contribution is 2.08.